The summed E-state index contributed by atoms with van der Waals surface area (Å²) in [6, 6.07) is 10.5. The molecule has 2 aromatic carbocycles. The van der Waals surface area contributed by atoms with E-state index in [0.717, 1.165) is 21.3 Å². The zero-order chi connectivity index (χ0) is 25.7. The lowest BCUT2D eigenvalue weighted by molar-refractivity contribution is -0.113. The molecule has 0 aliphatic rings. The molecule has 1 heterocycles. The number of anilines is 1. The van der Waals surface area contributed by atoms with Crippen LogP contribution in [0.1, 0.15) is 53.6 Å². The minimum absolute atomic E-state index is 0.144. The molecule has 10 heteroatoms. The first-order valence-corrected chi connectivity index (χ1v) is 13.4. The molecule has 0 saturated heterocycles. The summed E-state index contributed by atoms with van der Waals surface area (Å²) < 4.78 is 2.66. The summed E-state index contributed by atoms with van der Waals surface area (Å²) in [4.78, 5) is 25.5. The Morgan fingerprint density at radius 2 is 1.83 bits per heavy atom. The second-order valence-electron chi connectivity index (χ2n) is 8.79. The summed E-state index contributed by atoms with van der Waals surface area (Å²) in [5.41, 5.74) is 3.39. The summed E-state index contributed by atoms with van der Waals surface area (Å²) in [7, 11) is 1.84. The molecule has 3 aromatic rings. The molecule has 35 heavy (non-hydrogen) atoms. The number of hydrogen-bond donors (Lipinski definition) is 2. The van der Waals surface area contributed by atoms with Crippen LogP contribution < -0.4 is 10.6 Å². The third-order valence-electron chi connectivity index (χ3n) is 5.50. The number of halogens is 2. The van der Waals surface area contributed by atoms with E-state index < -0.39 is 0 Å². The highest BCUT2D eigenvalue weighted by Gasteiger charge is 2.24. The van der Waals surface area contributed by atoms with Crippen LogP contribution in [0.2, 0.25) is 5.02 Å². The van der Waals surface area contributed by atoms with E-state index >= 15 is 0 Å². The van der Waals surface area contributed by atoms with E-state index in [1.807, 2.05) is 37.6 Å². The van der Waals surface area contributed by atoms with Gasteiger partial charge in [0.2, 0.25) is 5.91 Å². The lowest BCUT2D eigenvalue weighted by Gasteiger charge is -2.20. The predicted molar refractivity (Wildman–Crippen MR) is 145 cm³/mol. The number of amides is 2. The fourth-order valence-electron chi connectivity index (χ4n) is 3.53. The second kappa shape index (κ2) is 12.1. The minimum atomic E-state index is -0.356. The highest BCUT2D eigenvalue weighted by Crippen LogP contribution is 2.28. The molecule has 2 amide bonds. The zero-order valence-electron chi connectivity index (χ0n) is 20.4. The Balaban J connectivity index is 1.70. The summed E-state index contributed by atoms with van der Waals surface area (Å²) in [5.74, 6) is 0.693. The molecule has 0 fully saturated rings. The van der Waals surface area contributed by atoms with Crippen molar-refractivity contribution in [1.29, 1.82) is 0 Å². The summed E-state index contributed by atoms with van der Waals surface area (Å²) in [5, 5.41) is 15.6. The van der Waals surface area contributed by atoms with E-state index in [2.05, 4.69) is 50.6 Å². The van der Waals surface area contributed by atoms with Crippen molar-refractivity contribution in [1.82, 2.24) is 20.1 Å². The number of benzene rings is 2. The summed E-state index contributed by atoms with van der Waals surface area (Å²) in [6.07, 6.45) is 0.675. The van der Waals surface area contributed by atoms with Crippen molar-refractivity contribution in [2.24, 2.45) is 13.0 Å². The normalized spacial score (nSPS) is 12.0. The van der Waals surface area contributed by atoms with Crippen molar-refractivity contribution in [2.75, 3.05) is 11.1 Å². The zero-order valence-corrected chi connectivity index (χ0v) is 23.5. The summed E-state index contributed by atoms with van der Waals surface area (Å²) >= 11 is 11.0. The molecule has 186 valence electrons. The van der Waals surface area contributed by atoms with Crippen molar-refractivity contribution in [2.45, 2.75) is 45.3 Å². The average Bonchev–Trinajstić information content (AvgIpc) is 3.15. The van der Waals surface area contributed by atoms with Gasteiger partial charge in [-0.05, 0) is 77.5 Å². The molecule has 0 bridgehead atoms. The van der Waals surface area contributed by atoms with Crippen LogP contribution in [0, 0.1) is 19.8 Å². The van der Waals surface area contributed by atoms with Gasteiger partial charge in [-0.25, -0.2) is 0 Å². The number of aromatic nitrogens is 3. The summed E-state index contributed by atoms with van der Waals surface area (Å²) in [6.45, 7) is 8.19. The fraction of sp³-hybridized carbons (Fsp3) is 0.360. The van der Waals surface area contributed by atoms with Crippen LogP contribution in [0.15, 0.2) is 46.0 Å². The lowest BCUT2D eigenvalue weighted by atomic mass is 10.0. The van der Waals surface area contributed by atoms with Crippen LogP contribution in [0.5, 0.6) is 0 Å². The van der Waals surface area contributed by atoms with E-state index in [0.29, 0.717) is 33.9 Å². The van der Waals surface area contributed by atoms with Crippen LogP contribution in [-0.4, -0.2) is 32.3 Å². The smallest absolute Gasteiger partial charge is 0.253 e. The minimum Gasteiger partial charge on any atom is -0.342 e. The number of carbonyl (C=O) groups excluding carboxylic acids is 2. The monoisotopic (exact) mass is 577 g/mol. The van der Waals surface area contributed by atoms with Crippen LogP contribution in [0.3, 0.4) is 0 Å². The van der Waals surface area contributed by atoms with Gasteiger partial charge in [0.1, 0.15) is 0 Å². The largest absolute Gasteiger partial charge is 0.342 e. The Morgan fingerprint density at radius 1 is 1.14 bits per heavy atom. The predicted octanol–water partition coefficient (Wildman–Crippen LogP) is 6.10. The van der Waals surface area contributed by atoms with Crippen molar-refractivity contribution in [3.63, 3.8) is 0 Å². The van der Waals surface area contributed by atoms with Crippen molar-refractivity contribution >= 4 is 56.8 Å². The average molecular weight is 579 g/mol. The fourth-order valence-corrected chi connectivity index (χ4v) is 5.03. The standard InChI is InChI=1S/C25H29BrClN5O2S/c1-14(2)10-21(29-24(34)17-8-6-7-9-19(17)27)23-30-31-25(32(23)5)35-13-22(33)28-20-12-16(4)15(3)11-18(20)26/h6-9,11-12,14,21H,10,13H2,1-5H3,(H,28,33)(H,29,34)/t21-/m0/s1. The molecule has 0 spiro atoms. The Kier molecular flexibility index (Phi) is 9.38. The number of rotatable bonds is 9. The van der Waals surface area contributed by atoms with Gasteiger partial charge in [-0.3, -0.25) is 9.59 Å². The Labute approximate surface area is 223 Å². The van der Waals surface area contributed by atoms with E-state index in [1.54, 1.807) is 24.3 Å². The maximum absolute atomic E-state index is 12.9. The molecule has 7 nitrogen and oxygen atoms in total. The van der Waals surface area contributed by atoms with Gasteiger partial charge in [0, 0.05) is 11.5 Å². The highest BCUT2D eigenvalue weighted by molar-refractivity contribution is 9.10. The van der Waals surface area contributed by atoms with Crippen molar-refractivity contribution in [3.8, 4) is 0 Å². The van der Waals surface area contributed by atoms with Gasteiger partial charge in [-0.15, -0.1) is 10.2 Å². The highest BCUT2D eigenvalue weighted by atomic mass is 79.9. The van der Waals surface area contributed by atoms with Gasteiger partial charge in [0.15, 0.2) is 11.0 Å². The number of nitrogens with one attached hydrogen (secondary N) is 2. The van der Waals surface area contributed by atoms with E-state index in [9.17, 15) is 9.59 Å². The topological polar surface area (TPSA) is 88.9 Å². The van der Waals surface area contributed by atoms with Crippen molar-refractivity contribution < 1.29 is 9.59 Å². The molecule has 2 N–H and O–H groups in total. The molecule has 1 atom stereocenters. The Hall–Kier alpha value is -2.36. The quantitative estimate of drug-likeness (QED) is 0.300. The van der Waals surface area contributed by atoms with E-state index in [-0.39, 0.29) is 23.6 Å². The number of nitrogens with zero attached hydrogens (tertiary/aromatic N) is 3. The molecule has 0 radical (unpaired) electrons. The SMILES string of the molecule is Cc1cc(Br)c(NC(=O)CSc2nnc([C@H](CC(C)C)NC(=O)c3ccccc3Cl)n2C)cc1C. The first-order valence-electron chi connectivity index (χ1n) is 11.2. The molecule has 0 aliphatic carbocycles. The molecule has 3 rings (SSSR count). The van der Waals surface area contributed by atoms with Crippen LogP contribution in [0.25, 0.3) is 0 Å². The molecule has 0 unspecified atom stereocenters. The van der Waals surface area contributed by atoms with Crippen LogP contribution >= 0.6 is 39.3 Å². The second-order valence-corrected chi connectivity index (χ2v) is 11.0. The first kappa shape index (κ1) is 27.2. The maximum Gasteiger partial charge on any atom is 0.253 e. The van der Waals surface area contributed by atoms with Gasteiger partial charge >= 0.3 is 0 Å². The lowest BCUT2D eigenvalue weighted by Crippen LogP contribution is -2.31. The molecular formula is C25H29BrClN5O2S. The van der Waals surface area contributed by atoms with E-state index in [1.165, 1.54) is 11.8 Å². The molecule has 0 aliphatic heterocycles. The van der Waals surface area contributed by atoms with Gasteiger partial charge in [0.05, 0.1) is 28.1 Å². The number of hydrogen-bond acceptors (Lipinski definition) is 5. The van der Waals surface area contributed by atoms with Gasteiger partial charge in [-0.2, -0.15) is 0 Å². The Morgan fingerprint density at radius 3 is 2.51 bits per heavy atom. The maximum atomic E-state index is 12.9. The Bertz CT molecular complexity index is 1230. The van der Waals surface area contributed by atoms with Crippen LogP contribution in [-0.2, 0) is 11.8 Å². The number of carbonyl (C=O) groups is 2. The van der Waals surface area contributed by atoms with Crippen molar-refractivity contribution in [3.05, 3.63) is 68.4 Å². The van der Waals surface area contributed by atoms with Gasteiger partial charge in [-0.1, -0.05) is 49.3 Å². The van der Waals surface area contributed by atoms with Gasteiger partial charge in [0.25, 0.3) is 5.91 Å². The number of thioether (sulfide) groups is 1. The van der Waals surface area contributed by atoms with Crippen LogP contribution in [0.4, 0.5) is 5.69 Å². The third-order valence-corrected chi connectivity index (χ3v) is 7.51. The van der Waals surface area contributed by atoms with Gasteiger partial charge < -0.3 is 15.2 Å². The molecule has 0 saturated carbocycles. The first-order chi connectivity index (χ1) is 16.6. The van der Waals surface area contributed by atoms with E-state index in [4.69, 9.17) is 11.6 Å². The number of aryl methyl sites for hydroxylation is 2. The molecule has 1 aromatic heterocycles. The molecular weight excluding hydrogens is 550 g/mol. The third kappa shape index (κ3) is 7.08.